The number of anilines is 1. The molecule has 17 heteroatoms. The van der Waals surface area contributed by atoms with E-state index in [4.69, 9.17) is 16.9 Å². The summed E-state index contributed by atoms with van der Waals surface area (Å²) in [6, 6.07) is 6.55. The van der Waals surface area contributed by atoms with Crippen molar-refractivity contribution in [1.82, 2.24) is 41.0 Å². The number of rotatable bonds is 8. The number of nitrogens with one attached hydrogen (secondary N) is 6. The molecule has 6 rings (SSSR count). The zero-order valence-electron chi connectivity index (χ0n) is 23.6. The van der Waals surface area contributed by atoms with Crippen molar-refractivity contribution in [1.29, 1.82) is 5.26 Å². The maximum absolute atomic E-state index is 13.4. The molecule has 1 saturated carbocycles. The average molecular weight is 645 g/mol. The molecule has 0 spiro atoms. The minimum Gasteiger partial charge on any atom is -0.349 e. The van der Waals surface area contributed by atoms with E-state index in [0.29, 0.717) is 25.4 Å². The molecule has 0 radical (unpaired) electrons. The Morgan fingerprint density at radius 3 is 2.58 bits per heavy atom. The highest BCUT2D eigenvalue weighted by Gasteiger charge is 2.42. The molecule has 2 aromatic heterocycles. The second kappa shape index (κ2) is 12.1. The average Bonchev–Trinajstić information content (AvgIpc) is 3.77. The van der Waals surface area contributed by atoms with E-state index in [1.807, 2.05) is 4.90 Å². The number of fused-ring (bicyclic) bond motifs is 2. The summed E-state index contributed by atoms with van der Waals surface area (Å²) in [6.07, 6.45) is -1.90. The van der Waals surface area contributed by atoms with E-state index in [2.05, 4.69) is 41.4 Å². The number of alkyl halides is 3. The van der Waals surface area contributed by atoms with Crippen molar-refractivity contribution in [2.24, 2.45) is 0 Å². The van der Waals surface area contributed by atoms with E-state index in [-0.39, 0.29) is 82.0 Å². The first-order valence-electron chi connectivity index (χ1n) is 14.2. The Labute approximate surface area is 259 Å². The summed E-state index contributed by atoms with van der Waals surface area (Å²) in [4.78, 5) is 46.7. The van der Waals surface area contributed by atoms with Gasteiger partial charge in [-0.15, -0.1) is 0 Å². The fourth-order valence-corrected chi connectivity index (χ4v) is 6.22. The number of nitrogens with zero attached hydrogens (tertiary/aromatic N) is 4. The molecule has 1 aliphatic carbocycles. The molecule has 4 amide bonds. The number of H-pyrrole nitrogens is 2. The molecule has 4 heterocycles. The number of halogens is 4. The third-order valence-corrected chi connectivity index (χ3v) is 8.59. The van der Waals surface area contributed by atoms with Crippen LogP contribution in [0.15, 0.2) is 24.4 Å². The molecule has 2 aliphatic heterocycles. The number of piperazine rings is 1. The van der Waals surface area contributed by atoms with Gasteiger partial charge in [0.15, 0.2) is 11.5 Å². The fourth-order valence-electron chi connectivity index (χ4n) is 5.96. The van der Waals surface area contributed by atoms with Crippen molar-refractivity contribution in [3.63, 3.8) is 0 Å². The summed E-state index contributed by atoms with van der Waals surface area (Å²) in [5, 5.41) is 26.5. The maximum atomic E-state index is 13.4. The maximum Gasteiger partial charge on any atom is 0.435 e. The van der Waals surface area contributed by atoms with Crippen LogP contribution in [0.2, 0.25) is 5.02 Å². The Balaban J connectivity index is 1.00. The lowest BCUT2D eigenvalue weighted by Crippen LogP contribution is -2.58. The third-order valence-electron chi connectivity index (χ3n) is 8.28. The van der Waals surface area contributed by atoms with Gasteiger partial charge in [-0.1, -0.05) is 11.6 Å². The Hall–Kier alpha value is -4.62. The molecule has 13 nitrogen and oxygen atoms in total. The van der Waals surface area contributed by atoms with E-state index in [0.717, 1.165) is 13.0 Å². The monoisotopic (exact) mass is 644 g/mol. The number of imidazole rings is 1. The Morgan fingerprint density at radius 1 is 1.13 bits per heavy atom. The number of carbonyl (C=O) groups excluding carboxylic acids is 3. The minimum absolute atomic E-state index is 0.0176. The number of aromatic amines is 2. The molecule has 45 heavy (non-hydrogen) atoms. The molecular formula is C28H28ClF3N10O3. The van der Waals surface area contributed by atoms with E-state index in [1.54, 1.807) is 6.07 Å². The van der Waals surface area contributed by atoms with Crippen molar-refractivity contribution in [3.8, 4) is 6.07 Å². The Morgan fingerprint density at radius 2 is 1.91 bits per heavy atom. The van der Waals surface area contributed by atoms with Gasteiger partial charge in [0.2, 0.25) is 0 Å². The van der Waals surface area contributed by atoms with Gasteiger partial charge in [-0.25, -0.2) is 9.78 Å². The van der Waals surface area contributed by atoms with Crippen molar-refractivity contribution in [3.05, 3.63) is 63.5 Å². The summed E-state index contributed by atoms with van der Waals surface area (Å²) in [6.45, 7) is 1.53. The SMILES string of the molecule is N#CCc1[nH]nc(C(F)(F)F)c1Cc1cnc(C(=O)Nc2ccc(C(=O)NC3CC(NC(=O)N4CC5CC4CN5)C3)c(Cl)c2)[nH]1. The third kappa shape index (κ3) is 6.45. The Kier molecular flexibility index (Phi) is 8.14. The van der Waals surface area contributed by atoms with Crippen molar-refractivity contribution < 1.29 is 27.6 Å². The van der Waals surface area contributed by atoms with E-state index >= 15 is 0 Å². The second-order valence-corrected chi connectivity index (χ2v) is 11.8. The van der Waals surface area contributed by atoms with Crippen molar-refractivity contribution >= 4 is 35.1 Å². The van der Waals surface area contributed by atoms with Gasteiger partial charge in [0.1, 0.15) is 0 Å². The largest absolute Gasteiger partial charge is 0.435 e. The van der Waals surface area contributed by atoms with Crippen LogP contribution in [0.1, 0.15) is 62.9 Å². The van der Waals surface area contributed by atoms with Crippen LogP contribution < -0.4 is 21.3 Å². The first-order chi connectivity index (χ1) is 21.5. The number of urea groups is 1. The highest BCUT2D eigenvalue weighted by atomic mass is 35.5. The first kappa shape index (κ1) is 30.4. The van der Waals surface area contributed by atoms with Gasteiger partial charge in [-0.3, -0.25) is 14.7 Å². The topological polar surface area (TPSA) is 184 Å². The lowest BCUT2D eigenvalue weighted by atomic mass is 9.86. The Bertz CT molecular complexity index is 1680. The van der Waals surface area contributed by atoms with Gasteiger partial charge < -0.3 is 31.2 Å². The molecule has 3 aromatic rings. The predicted octanol–water partition coefficient (Wildman–Crippen LogP) is 2.73. The molecule has 3 fully saturated rings. The predicted molar refractivity (Wildman–Crippen MR) is 153 cm³/mol. The lowest BCUT2D eigenvalue weighted by molar-refractivity contribution is -0.141. The smallest absolute Gasteiger partial charge is 0.349 e. The molecule has 6 N–H and O–H groups in total. The van der Waals surface area contributed by atoms with E-state index in [1.165, 1.54) is 24.4 Å². The zero-order chi connectivity index (χ0) is 31.9. The van der Waals surface area contributed by atoms with E-state index in [9.17, 15) is 27.6 Å². The molecule has 1 aromatic carbocycles. The van der Waals surface area contributed by atoms with Crippen LogP contribution in [0.25, 0.3) is 0 Å². The standard InChI is InChI=1S/C28H28ClF3N10O3/c29-21-9-13(37-26(44)24-35-10-16(36-24)8-20-22(3-4-33)40-41-23(20)28(30,31)32)1-2-19(21)25(43)38-14-5-15(6-14)39-27(45)42-12-17-7-18(42)11-34-17/h1-2,9-10,14-15,17-18,34H,3,5-8,11-12H2,(H,35,36)(H,37,44)(H,38,43)(H,39,45)(H,40,41). The number of carbonyl (C=O) groups is 3. The minimum atomic E-state index is -4.73. The molecule has 2 unspecified atom stereocenters. The van der Waals surface area contributed by atoms with Gasteiger partial charge >= 0.3 is 12.2 Å². The summed E-state index contributed by atoms with van der Waals surface area (Å²) in [5.41, 5.74) is -0.657. The molecule has 2 bridgehead atoms. The number of nitriles is 1. The summed E-state index contributed by atoms with van der Waals surface area (Å²) in [7, 11) is 0. The van der Waals surface area contributed by atoms with Crippen LogP contribution in [0, 0.1) is 11.3 Å². The highest BCUT2D eigenvalue weighted by molar-refractivity contribution is 6.34. The van der Waals surface area contributed by atoms with Crippen LogP contribution >= 0.6 is 11.6 Å². The quantitative estimate of drug-likeness (QED) is 0.218. The normalized spacial score (nSPS) is 22.1. The van der Waals surface area contributed by atoms with Gasteiger partial charge in [-0.2, -0.15) is 23.5 Å². The second-order valence-electron chi connectivity index (χ2n) is 11.4. The van der Waals surface area contributed by atoms with Gasteiger partial charge in [0, 0.05) is 66.8 Å². The number of aromatic nitrogens is 4. The van der Waals surface area contributed by atoms with Gasteiger partial charge in [0.05, 0.1) is 28.8 Å². The summed E-state index contributed by atoms with van der Waals surface area (Å²) < 4.78 is 40.2. The number of amides is 4. The van der Waals surface area contributed by atoms with Crippen LogP contribution in [-0.4, -0.2) is 80.2 Å². The number of hydrogen-bond acceptors (Lipinski definition) is 7. The summed E-state index contributed by atoms with van der Waals surface area (Å²) in [5.74, 6) is -1.24. The number of hydrogen-bond donors (Lipinski definition) is 6. The van der Waals surface area contributed by atoms with Gasteiger partial charge in [-0.05, 0) is 37.5 Å². The zero-order valence-corrected chi connectivity index (χ0v) is 24.3. The van der Waals surface area contributed by atoms with Crippen LogP contribution in [0.4, 0.5) is 23.7 Å². The van der Waals surface area contributed by atoms with E-state index < -0.39 is 17.8 Å². The highest BCUT2D eigenvalue weighted by Crippen LogP contribution is 2.33. The molecule has 2 atom stereocenters. The molecule has 2 saturated heterocycles. The fraction of sp³-hybridized carbons (Fsp3) is 0.429. The van der Waals surface area contributed by atoms with Crippen LogP contribution in [0.5, 0.6) is 0 Å². The van der Waals surface area contributed by atoms with Crippen LogP contribution in [0.3, 0.4) is 0 Å². The summed E-state index contributed by atoms with van der Waals surface area (Å²) >= 11 is 6.35. The molecule has 236 valence electrons. The van der Waals surface area contributed by atoms with Gasteiger partial charge in [0.25, 0.3) is 11.8 Å². The molecule has 3 aliphatic rings. The van der Waals surface area contributed by atoms with Crippen molar-refractivity contribution in [2.75, 3.05) is 18.4 Å². The number of likely N-dealkylation sites (tertiary alicyclic amines) is 1. The number of benzene rings is 1. The van der Waals surface area contributed by atoms with Crippen molar-refractivity contribution in [2.45, 2.75) is 62.4 Å². The first-order valence-corrected chi connectivity index (χ1v) is 14.6. The lowest BCUT2D eigenvalue weighted by Gasteiger charge is -2.38. The van der Waals surface area contributed by atoms with Crippen LogP contribution in [-0.2, 0) is 19.0 Å². The molecular weight excluding hydrogens is 617 g/mol.